The van der Waals surface area contributed by atoms with E-state index in [-0.39, 0.29) is 5.78 Å². The lowest BCUT2D eigenvalue weighted by Crippen LogP contribution is -2.24. The first-order valence-electron chi connectivity index (χ1n) is 8.87. The number of rotatable bonds is 8. The standard InChI is InChI=1S/C21H20N2O5S/c1-13-11-16(23-28-13)12-29-20-18(5-4-10-22-20)21(25)27-14(2)19(24)15-6-8-17(26-3)9-7-15/h4-11,14H,12H2,1-3H3/t14-/m1/s1. The Bertz CT molecular complexity index is 1000. The Morgan fingerprint density at radius 3 is 2.62 bits per heavy atom. The molecule has 0 saturated heterocycles. The van der Waals surface area contributed by atoms with Crippen molar-refractivity contribution in [3.05, 3.63) is 71.2 Å². The molecule has 8 heteroatoms. The number of Topliss-reactive ketones (excluding diaryl/α,β-unsaturated/α-hetero) is 1. The topological polar surface area (TPSA) is 91.5 Å². The van der Waals surface area contributed by atoms with Gasteiger partial charge in [0.15, 0.2) is 6.10 Å². The van der Waals surface area contributed by atoms with Gasteiger partial charge in [-0.2, -0.15) is 0 Å². The second-order valence-corrected chi connectivity index (χ2v) is 7.18. The molecule has 0 aliphatic heterocycles. The predicted molar refractivity (Wildman–Crippen MR) is 107 cm³/mol. The third-order valence-corrected chi connectivity index (χ3v) is 5.09. The van der Waals surface area contributed by atoms with Gasteiger partial charge in [-0.3, -0.25) is 4.79 Å². The van der Waals surface area contributed by atoms with Gasteiger partial charge in [0.1, 0.15) is 16.5 Å². The van der Waals surface area contributed by atoms with E-state index in [1.165, 1.54) is 11.8 Å². The van der Waals surface area contributed by atoms with Gasteiger partial charge in [0.25, 0.3) is 0 Å². The summed E-state index contributed by atoms with van der Waals surface area (Å²) in [4.78, 5) is 29.5. The molecule has 29 heavy (non-hydrogen) atoms. The van der Waals surface area contributed by atoms with Gasteiger partial charge in [0, 0.05) is 23.6 Å². The van der Waals surface area contributed by atoms with Crippen LogP contribution in [-0.2, 0) is 10.5 Å². The number of esters is 1. The van der Waals surface area contributed by atoms with Crippen LogP contribution in [0.15, 0.2) is 58.2 Å². The highest BCUT2D eigenvalue weighted by Gasteiger charge is 2.22. The molecule has 1 aromatic carbocycles. The van der Waals surface area contributed by atoms with Crippen molar-refractivity contribution in [2.45, 2.75) is 30.7 Å². The number of hydrogen-bond donors (Lipinski definition) is 0. The number of ketones is 1. The largest absolute Gasteiger partial charge is 0.497 e. The van der Waals surface area contributed by atoms with Gasteiger partial charge in [-0.05, 0) is 50.2 Å². The van der Waals surface area contributed by atoms with E-state index in [1.807, 2.05) is 13.0 Å². The van der Waals surface area contributed by atoms with Crippen molar-refractivity contribution in [3.8, 4) is 5.75 Å². The Kier molecular flexibility index (Phi) is 6.66. The van der Waals surface area contributed by atoms with Gasteiger partial charge in [-0.25, -0.2) is 9.78 Å². The summed E-state index contributed by atoms with van der Waals surface area (Å²) in [5, 5.41) is 4.43. The number of ether oxygens (including phenoxy) is 2. The number of aryl methyl sites for hydroxylation is 1. The number of pyridine rings is 1. The maximum Gasteiger partial charge on any atom is 0.341 e. The Hall–Kier alpha value is -3.13. The zero-order chi connectivity index (χ0) is 20.8. The molecule has 0 saturated carbocycles. The van der Waals surface area contributed by atoms with Crippen molar-refractivity contribution in [1.29, 1.82) is 0 Å². The van der Waals surface area contributed by atoms with Gasteiger partial charge in [0.2, 0.25) is 5.78 Å². The molecular weight excluding hydrogens is 392 g/mol. The fraction of sp³-hybridized carbons (Fsp3) is 0.238. The van der Waals surface area contributed by atoms with Crippen molar-refractivity contribution < 1.29 is 23.6 Å². The molecule has 0 unspecified atom stereocenters. The second kappa shape index (κ2) is 9.38. The van der Waals surface area contributed by atoms with Crippen molar-refractivity contribution in [1.82, 2.24) is 10.1 Å². The molecule has 3 aromatic rings. The summed E-state index contributed by atoms with van der Waals surface area (Å²) < 4.78 is 15.5. The molecule has 0 spiro atoms. The van der Waals surface area contributed by atoms with Gasteiger partial charge in [-0.15, -0.1) is 0 Å². The summed E-state index contributed by atoms with van der Waals surface area (Å²) in [7, 11) is 1.55. The monoisotopic (exact) mass is 412 g/mol. The lowest BCUT2D eigenvalue weighted by atomic mass is 10.1. The molecule has 0 bridgehead atoms. The normalized spacial score (nSPS) is 11.7. The molecule has 0 amide bonds. The van der Waals surface area contributed by atoms with Crippen LogP contribution in [0.2, 0.25) is 0 Å². The lowest BCUT2D eigenvalue weighted by molar-refractivity contribution is 0.0314. The highest BCUT2D eigenvalue weighted by molar-refractivity contribution is 7.98. The van der Waals surface area contributed by atoms with Crippen LogP contribution in [0.4, 0.5) is 0 Å². The summed E-state index contributed by atoms with van der Waals surface area (Å²) in [6.45, 7) is 3.36. The first-order valence-corrected chi connectivity index (χ1v) is 9.85. The maximum atomic E-state index is 12.6. The van der Waals surface area contributed by atoms with Crippen LogP contribution in [0.5, 0.6) is 5.75 Å². The number of carbonyl (C=O) groups excluding carboxylic acids is 2. The summed E-state index contributed by atoms with van der Waals surface area (Å²) in [5.74, 6) is 0.954. The van der Waals surface area contributed by atoms with Gasteiger partial charge >= 0.3 is 5.97 Å². The van der Waals surface area contributed by atoms with Crippen LogP contribution >= 0.6 is 11.8 Å². The smallest absolute Gasteiger partial charge is 0.341 e. The minimum absolute atomic E-state index is 0.294. The van der Waals surface area contributed by atoms with Crippen LogP contribution in [0.1, 0.15) is 39.1 Å². The minimum Gasteiger partial charge on any atom is -0.497 e. The molecule has 0 N–H and O–H groups in total. The quantitative estimate of drug-likeness (QED) is 0.310. The average molecular weight is 412 g/mol. The van der Waals surface area contributed by atoms with Gasteiger partial charge in [0.05, 0.1) is 18.4 Å². The van der Waals surface area contributed by atoms with Crippen molar-refractivity contribution in [3.63, 3.8) is 0 Å². The molecule has 2 heterocycles. The van der Waals surface area contributed by atoms with Crippen LogP contribution in [0.3, 0.4) is 0 Å². The number of nitrogens with zero attached hydrogens (tertiary/aromatic N) is 2. The zero-order valence-corrected chi connectivity index (χ0v) is 17.1. The van der Waals surface area contributed by atoms with Gasteiger partial charge in [-0.1, -0.05) is 16.9 Å². The predicted octanol–water partition coefficient (Wildman–Crippen LogP) is 4.11. The van der Waals surface area contributed by atoms with Crippen LogP contribution in [0.25, 0.3) is 0 Å². The minimum atomic E-state index is -0.938. The van der Waals surface area contributed by atoms with E-state index < -0.39 is 12.1 Å². The molecular formula is C21H20N2O5S. The number of methoxy groups -OCH3 is 1. The first-order chi connectivity index (χ1) is 14.0. The number of thioether (sulfide) groups is 1. The highest BCUT2D eigenvalue weighted by Crippen LogP contribution is 2.25. The van der Waals surface area contributed by atoms with E-state index in [0.29, 0.717) is 33.4 Å². The molecule has 2 aromatic heterocycles. The van der Waals surface area contributed by atoms with E-state index in [2.05, 4.69) is 10.1 Å². The van der Waals surface area contributed by atoms with Crippen molar-refractivity contribution in [2.75, 3.05) is 7.11 Å². The van der Waals surface area contributed by atoms with E-state index in [0.717, 1.165) is 5.69 Å². The average Bonchev–Trinajstić information content (AvgIpc) is 3.17. The number of benzene rings is 1. The van der Waals surface area contributed by atoms with Crippen LogP contribution in [-0.4, -0.2) is 35.1 Å². The first kappa shape index (κ1) is 20.6. The molecule has 1 atom stereocenters. The lowest BCUT2D eigenvalue weighted by Gasteiger charge is -2.14. The van der Waals surface area contributed by atoms with Crippen LogP contribution in [0, 0.1) is 6.92 Å². The molecule has 0 fully saturated rings. The van der Waals surface area contributed by atoms with E-state index in [4.69, 9.17) is 14.0 Å². The summed E-state index contributed by atoms with van der Waals surface area (Å²) in [6.07, 6.45) is 0.658. The molecule has 150 valence electrons. The Morgan fingerprint density at radius 2 is 1.97 bits per heavy atom. The third kappa shape index (κ3) is 5.23. The number of hydrogen-bond acceptors (Lipinski definition) is 8. The SMILES string of the molecule is COc1ccc(C(=O)[C@@H](C)OC(=O)c2cccnc2SCc2cc(C)on2)cc1. The number of carbonyl (C=O) groups is 2. The molecule has 0 radical (unpaired) electrons. The Labute approximate surface area is 172 Å². The number of aromatic nitrogens is 2. The molecule has 3 rings (SSSR count). The molecule has 7 nitrogen and oxygen atoms in total. The molecule has 0 aliphatic carbocycles. The fourth-order valence-electron chi connectivity index (χ4n) is 2.56. The summed E-state index contributed by atoms with van der Waals surface area (Å²) in [6, 6.07) is 11.7. The van der Waals surface area contributed by atoms with E-state index in [1.54, 1.807) is 56.6 Å². The Morgan fingerprint density at radius 1 is 1.21 bits per heavy atom. The third-order valence-electron chi connectivity index (χ3n) is 4.05. The summed E-state index contributed by atoms with van der Waals surface area (Å²) >= 11 is 1.34. The van der Waals surface area contributed by atoms with Crippen LogP contribution < -0.4 is 4.74 Å². The Balaban J connectivity index is 1.67. The van der Waals surface area contributed by atoms with E-state index >= 15 is 0 Å². The van der Waals surface area contributed by atoms with Gasteiger partial charge < -0.3 is 14.0 Å². The van der Waals surface area contributed by atoms with E-state index in [9.17, 15) is 9.59 Å². The maximum absolute atomic E-state index is 12.6. The van der Waals surface area contributed by atoms with Crippen molar-refractivity contribution >= 4 is 23.5 Å². The molecule has 0 aliphatic rings. The second-order valence-electron chi connectivity index (χ2n) is 6.21. The summed E-state index contributed by atoms with van der Waals surface area (Å²) in [5.41, 5.74) is 1.49. The van der Waals surface area contributed by atoms with Crippen molar-refractivity contribution in [2.24, 2.45) is 0 Å². The zero-order valence-electron chi connectivity index (χ0n) is 16.2. The fourth-order valence-corrected chi connectivity index (χ4v) is 3.42. The highest BCUT2D eigenvalue weighted by atomic mass is 32.2.